The molecule has 0 fully saturated rings. The highest BCUT2D eigenvalue weighted by atomic mass is 19.1. The minimum Gasteiger partial charge on any atom is -0.383 e. The number of rotatable bonds is 5. The molecule has 1 unspecified atom stereocenters. The van der Waals surface area contributed by atoms with Crippen molar-refractivity contribution in [3.63, 3.8) is 0 Å². The molecule has 0 saturated heterocycles. The van der Waals surface area contributed by atoms with E-state index >= 15 is 0 Å². The van der Waals surface area contributed by atoms with E-state index in [1.165, 1.54) is 19.1 Å². The topological polar surface area (TPSA) is 82.2 Å². The maximum absolute atomic E-state index is 13.7. The number of hydrogen-bond acceptors (Lipinski definition) is 3. The van der Waals surface area contributed by atoms with Crippen molar-refractivity contribution >= 4 is 12.2 Å². The van der Waals surface area contributed by atoms with Crippen LogP contribution in [-0.2, 0) is 5.60 Å². The maximum Gasteiger partial charge on any atom is 0.267 e. The van der Waals surface area contributed by atoms with Gasteiger partial charge in [0.2, 0.25) is 0 Å². The summed E-state index contributed by atoms with van der Waals surface area (Å²) in [6.45, 7) is 1.01. The van der Waals surface area contributed by atoms with Gasteiger partial charge in [-0.3, -0.25) is 9.59 Å². The summed E-state index contributed by atoms with van der Waals surface area (Å²) < 4.78 is 26.6. The molecule has 2 aromatic rings. The van der Waals surface area contributed by atoms with Gasteiger partial charge < -0.3 is 15.4 Å². The highest BCUT2D eigenvalue weighted by molar-refractivity contribution is 5.93. The molecule has 0 aliphatic rings. The summed E-state index contributed by atoms with van der Waals surface area (Å²) in [5, 5.41) is 12.7. The van der Waals surface area contributed by atoms with Crippen LogP contribution in [0.1, 0.15) is 33.5 Å². The molecular weight excluding hydrogens is 294 g/mol. The van der Waals surface area contributed by atoms with Crippen LogP contribution in [-0.4, -0.2) is 28.8 Å². The first-order valence-corrected chi connectivity index (χ1v) is 6.44. The number of hydrogen-bond donors (Lipinski definition) is 3. The lowest BCUT2D eigenvalue weighted by Crippen LogP contribution is -2.39. The Hall–Kier alpha value is -2.54. The highest BCUT2D eigenvalue weighted by Crippen LogP contribution is 2.23. The molecule has 0 aliphatic heterocycles. The fourth-order valence-electron chi connectivity index (χ4n) is 1.98. The standard InChI is InChI=1S/C15H14F2N2O3/c1-15(22,11-4-2-9(16)6-12(11)17)8-18-14(21)13-5-3-10(7-20)19-13/h2-7,19,22H,8H2,1H3,(H,18,21). The molecule has 5 nitrogen and oxygen atoms in total. The number of aromatic nitrogens is 1. The van der Waals surface area contributed by atoms with E-state index in [-0.39, 0.29) is 23.5 Å². The number of carbonyl (C=O) groups is 2. The van der Waals surface area contributed by atoms with Crippen molar-refractivity contribution in [1.29, 1.82) is 0 Å². The van der Waals surface area contributed by atoms with Crippen LogP contribution in [0.15, 0.2) is 30.3 Å². The Morgan fingerprint density at radius 2 is 2.09 bits per heavy atom. The minimum absolute atomic E-state index is 0.130. The maximum atomic E-state index is 13.7. The SMILES string of the molecule is CC(O)(CNC(=O)c1ccc(C=O)[nH]1)c1ccc(F)cc1F. The lowest BCUT2D eigenvalue weighted by Gasteiger charge is -2.24. The molecular formula is C15H14F2N2O3. The largest absolute Gasteiger partial charge is 0.383 e. The molecule has 0 spiro atoms. The van der Waals surface area contributed by atoms with Crippen LogP contribution in [0.4, 0.5) is 8.78 Å². The molecule has 1 aromatic heterocycles. The first kappa shape index (κ1) is 15.8. The highest BCUT2D eigenvalue weighted by Gasteiger charge is 2.27. The van der Waals surface area contributed by atoms with E-state index in [1.54, 1.807) is 0 Å². The van der Waals surface area contributed by atoms with Gasteiger partial charge in [0.25, 0.3) is 5.91 Å². The third-order valence-electron chi connectivity index (χ3n) is 3.18. The third-order valence-corrected chi connectivity index (χ3v) is 3.18. The van der Waals surface area contributed by atoms with E-state index in [0.717, 1.165) is 12.1 Å². The monoisotopic (exact) mass is 308 g/mol. The Morgan fingerprint density at radius 1 is 1.36 bits per heavy atom. The molecule has 2 rings (SSSR count). The van der Waals surface area contributed by atoms with Gasteiger partial charge in [0.15, 0.2) is 6.29 Å². The fourth-order valence-corrected chi connectivity index (χ4v) is 1.98. The van der Waals surface area contributed by atoms with Crippen LogP contribution in [0.2, 0.25) is 0 Å². The zero-order chi connectivity index (χ0) is 16.3. The van der Waals surface area contributed by atoms with E-state index in [2.05, 4.69) is 10.3 Å². The summed E-state index contributed by atoms with van der Waals surface area (Å²) in [5.74, 6) is -2.22. The zero-order valence-corrected chi connectivity index (χ0v) is 11.7. The predicted molar refractivity (Wildman–Crippen MR) is 74.4 cm³/mol. The van der Waals surface area contributed by atoms with E-state index in [1.807, 2.05) is 0 Å². The minimum atomic E-state index is -1.71. The van der Waals surface area contributed by atoms with E-state index in [4.69, 9.17) is 0 Å². The second-order valence-corrected chi connectivity index (χ2v) is 5.03. The van der Waals surface area contributed by atoms with E-state index in [9.17, 15) is 23.5 Å². The number of aldehydes is 1. The number of H-pyrrole nitrogens is 1. The quantitative estimate of drug-likeness (QED) is 0.736. The number of benzene rings is 1. The van der Waals surface area contributed by atoms with Gasteiger partial charge in [-0.1, -0.05) is 6.07 Å². The lowest BCUT2D eigenvalue weighted by atomic mass is 9.95. The number of carbonyl (C=O) groups excluding carboxylic acids is 2. The van der Waals surface area contributed by atoms with Crippen molar-refractivity contribution in [2.45, 2.75) is 12.5 Å². The van der Waals surface area contributed by atoms with Crippen LogP contribution >= 0.6 is 0 Å². The molecule has 0 aliphatic carbocycles. The summed E-state index contributed by atoms with van der Waals surface area (Å²) >= 11 is 0. The molecule has 0 saturated carbocycles. The van der Waals surface area contributed by atoms with Crippen LogP contribution < -0.4 is 5.32 Å². The molecule has 7 heteroatoms. The van der Waals surface area contributed by atoms with E-state index < -0.39 is 23.1 Å². The summed E-state index contributed by atoms with van der Waals surface area (Å²) in [6.07, 6.45) is 0.556. The second-order valence-electron chi connectivity index (χ2n) is 5.03. The van der Waals surface area contributed by atoms with Gasteiger partial charge in [-0.15, -0.1) is 0 Å². The number of halogens is 2. The second kappa shape index (κ2) is 6.07. The van der Waals surface area contributed by atoms with Crippen molar-refractivity contribution in [3.8, 4) is 0 Å². The first-order valence-electron chi connectivity index (χ1n) is 6.44. The zero-order valence-electron chi connectivity index (χ0n) is 11.7. The Morgan fingerprint density at radius 3 is 2.68 bits per heavy atom. The van der Waals surface area contributed by atoms with Crippen LogP contribution in [0.3, 0.4) is 0 Å². The van der Waals surface area contributed by atoms with Gasteiger partial charge in [-0.05, 0) is 25.1 Å². The number of nitrogens with one attached hydrogen (secondary N) is 2. The summed E-state index contributed by atoms with van der Waals surface area (Å²) in [7, 11) is 0. The molecule has 1 atom stereocenters. The Bertz CT molecular complexity index is 711. The fraction of sp³-hybridized carbons (Fsp3) is 0.200. The van der Waals surface area contributed by atoms with Crippen LogP contribution in [0.5, 0.6) is 0 Å². The Kier molecular flexibility index (Phi) is 4.37. The van der Waals surface area contributed by atoms with Crippen molar-refractivity contribution in [1.82, 2.24) is 10.3 Å². The molecule has 22 heavy (non-hydrogen) atoms. The average Bonchev–Trinajstić information content (AvgIpc) is 2.93. The van der Waals surface area contributed by atoms with Gasteiger partial charge in [0.05, 0.1) is 12.2 Å². The van der Waals surface area contributed by atoms with Crippen molar-refractivity contribution in [3.05, 3.63) is 58.9 Å². The number of amides is 1. The van der Waals surface area contributed by atoms with Crippen LogP contribution in [0.25, 0.3) is 0 Å². The molecule has 1 heterocycles. The van der Waals surface area contributed by atoms with Crippen LogP contribution in [0, 0.1) is 11.6 Å². The van der Waals surface area contributed by atoms with E-state index in [0.29, 0.717) is 12.4 Å². The van der Waals surface area contributed by atoms with Crippen molar-refractivity contribution < 1.29 is 23.5 Å². The van der Waals surface area contributed by atoms with Gasteiger partial charge in [0, 0.05) is 11.6 Å². The molecule has 3 N–H and O–H groups in total. The molecule has 116 valence electrons. The molecule has 0 radical (unpaired) electrons. The number of aliphatic hydroxyl groups is 1. The number of aromatic amines is 1. The lowest BCUT2D eigenvalue weighted by molar-refractivity contribution is 0.0493. The van der Waals surface area contributed by atoms with Gasteiger partial charge >= 0.3 is 0 Å². The molecule has 1 amide bonds. The Balaban J connectivity index is 2.08. The van der Waals surface area contributed by atoms with Crippen molar-refractivity contribution in [2.24, 2.45) is 0 Å². The van der Waals surface area contributed by atoms with Gasteiger partial charge in [-0.25, -0.2) is 8.78 Å². The first-order chi connectivity index (χ1) is 10.3. The predicted octanol–water partition coefficient (Wildman–Crippen LogP) is 1.74. The summed E-state index contributed by atoms with van der Waals surface area (Å²) in [6, 6.07) is 5.64. The van der Waals surface area contributed by atoms with Gasteiger partial charge in [-0.2, -0.15) is 0 Å². The average molecular weight is 308 g/mol. The van der Waals surface area contributed by atoms with Crippen molar-refractivity contribution in [2.75, 3.05) is 6.54 Å². The third kappa shape index (κ3) is 3.37. The molecule has 1 aromatic carbocycles. The summed E-state index contributed by atoms with van der Waals surface area (Å²) in [4.78, 5) is 25.0. The molecule has 0 bridgehead atoms. The van der Waals surface area contributed by atoms with Gasteiger partial charge in [0.1, 0.15) is 22.9 Å². The Labute approximate surface area is 125 Å². The summed E-state index contributed by atoms with van der Waals surface area (Å²) in [5.41, 5.74) is -1.47. The smallest absolute Gasteiger partial charge is 0.267 e. The normalized spacial score (nSPS) is 13.5.